The molecule has 2 atom stereocenters. The molecule has 3 rings (SSSR count). The Balaban J connectivity index is 1.61. The van der Waals surface area contributed by atoms with E-state index < -0.39 is 10.0 Å². The van der Waals surface area contributed by atoms with Gasteiger partial charge in [0, 0.05) is 33.1 Å². The quantitative estimate of drug-likeness (QED) is 0.780. The first-order valence-electron chi connectivity index (χ1n) is 9.82. The summed E-state index contributed by atoms with van der Waals surface area (Å²) >= 11 is 0. The molecule has 1 heterocycles. The zero-order chi connectivity index (χ0) is 20.5. The Kier molecular flexibility index (Phi) is 6.09. The molecule has 1 saturated carbocycles. The average Bonchev–Trinajstić information content (AvgIpc) is 3.31. The van der Waals surface area contributed by atoms with E-state index >= 15 is 0 Å². The predicted molar refractivity (Wildman–Crippen MR) is 106 cm³/mol. The third-order valence-corrected chi connectivity index (χ3v) is 7.64. The number of carbonyl (C=O) groups excluding carboxylic acids is 2. The van der Waals surface area contributed by atoms with Gasteiger partial charge in [-0.05, 0) is 37.5 Å². The minimum Gasteiger partial charge on any atom is -0.349 e. The highest BCUT2D eigenvalue weighted by atomic mass is 32.2. The molecule has 0 aromatic heterocycles. The molecule has 2 amide bonds. The van der Waals surface area contributed by atoms with E-state index in [1.807, 2.05) is 11.8 Å². The standard InChI is InChI=1S/C20H29N3O4S/c1-14(15-8-10-18(11-9-15)28(26,27)22(2)3)21-20(25)16-12-19(24)23(13-16)17-6-4-5-7-17/h8-11,14,16-17H,4-7,12-13H2,1-3H3,(H,21,25). The van der Waals surface area contributed by atoms with Crippen LogP contribution in [0.15, 0.2) is 29.2 Å². The fourth-order valence-electron chi connectivity index (χ4n) is 4.03. The molecule has 2 aliphatic rings. The summed E-state index contributed by atoms with van der Waals surface area (Å²) in [5.74, 6) is -0.353. The normalized spacial score (nSPS) is 22.1. The molecule has 1 aliphatic heterocycles. The van der Waals surface area contributed by atoms with Gasteiger partial charge in [0.2, 0.25) is 21.8 Å². The van der Waals surface area contributed by atoms with E-state index in [0.29, 0.717) is 12.6 Å². The molecular formula is C20H29N3O4S. The van der Waals surface area contributed by atoms with Crippen LogP contribution in [0.1, 0.15) is 50.6 Å². The van der Waals surface area contributed by atoms with Gasteiger partial charge in [-0.15, -0.1) is 0 Å². The molecule has 0 radical (unpaired) electrons. The lowest BCUT2D eigenvalue weighted by Gasteiger charge is -2.24. The highest BCUT2D eigenvalue weighted by Gasteiger charge is 2.38. The molecule has 0 bridgehead atoms. The molecule has 7 nitrogen and oxygen atoms in total. The van der Waals surface area contributed by atoms with Crippen LogP contribution in [-0.4, -0.2) is 56.1 Å². The van der Waals surface area contributed by atoms with Crippen LogP contribution in [-0.2, 0) is 19.6 Å². The van der Waals surface area contributed by atoms with Crippen LogP contribution >= 0.6 is 0 Å². The number of nitrogens with one attached hydrogen (secondary N) is 1. The Morgan fingerprint density at radius 3 is 2.36 bits per heavy atom. The van der Waals surface area contributed by atoms with Crippen molar-refractivity contribution in [2.75, 3.05) is 20.6 Å². The molecule has 154 valence electrons. The molecule has 28 heavy (non-hydrogen) atoms. The summed E-state index contributed by atoms with van der Waals surface area (Å²) in [5.41, 5.74) is 0.822. The lowest BCUT2D eigenvalue weighted by Crippen LogP contribution is -2.37. The summed E-state index contributed by atoms with van der Waals surface area (Å²) in [5, 5.41) is 2.97. The van der Waals surface area contributed by atoms with Crippen LogP contribution in [0, 0.1) is 5.92 Å². The van der Waals surface area contributed by atoms with Crippen molar-refractivity contribution in [3.8, 4) is 0 Å². The predicted octanol–water partition coefficient (Wildman–Crippen LogP) is 1.91. The van der Waals surface area contributed by atoms with Crippen LogP contribution in [0.4, 0.5) is 0 Å². The monoisotopic (exact) mass is 407 g/mol. The molecular weight excluding hydrogens is 378 g/mol. The number of benzene rings is 1. The molecule has 8 heteroatoms. The summed E-state index contributed by atoms with van der Waals surface area (Å²) < 4.78 is 25.5. The largest absolute Gasteiger partial charge is 0.349 e. The van der Waals surface area contributed by atoms with E-state index in [1.54, 1.807) is 24.3 Å². The van der Waals surface area contributed by atoms with Gasteiger partial charge in [-0.2, -0.15) is 0 Å². The van der Waals surface area contributed by atoms with E-state index in [4.69, 9.17) is 0 Å². The van der Waals surface area contributed by atoms with Crippen molar-refractivity contribution in [2.45, 2.75) is 56.0 Å². The number of sulfonamides is 1. The Morgan fingerprint density at radius 1 is 1.18 bits per heavy atom. The lowest BCUT2D eigenvalue weighted by atomic mass is 10.0. The third-order valence-electron chi connectivity index (χ3n) is 5.81. The summed E-state index contributed by atoms with van der Waals surface area (Å²) in [7, 11) is -0.493. The van der Waals surface area contributed by atoms with Gasteiger partial charge in [0.25, 0.3) is 0 Å². The maximum absolute atomic E-state index is 12.7. The SMILES string of the molecule is CC(NC(=O)C1CC(=O)N(C2CCCC2)C1)c1ccc(S(=O)(=O)N(C)C)cc1. The highest BCUT2D eigenvalue weighted by molar-refractivity contribution is 7.89. The maximum Gasteiger partial charge on any atom is 0.242 e. The summed E-state index contributed by atoms with van der Waals surface area (Å²) in [4.78, 5) is 27.1. The van der Waals surface area contributed by atoms with E-state index in [2.05, 4.69) is 5.32 Å². The number of carbonyl (C=O) groups is 2. The number of likely N-dealkylation sites (tertiary alicyclic amines) is 1. The second-order valence-electron chi connectivity index (χ2n) is 7.97. The van der Waals surface area contributed by atoms with Crippen molar-refractivity contribution < 1.29 is 18.0 Å². The summed E-state index contributed by atoms with van der Waals surface area (Å²) in [6, 6.07) is 6.56. The van der Waals surface area contributed by atoms with Gasteiger partial charge in [0.05, 0.1) is 16.9 Å². The summed E-state index contributed by atoms with van der Waals surface area (Å²) in [6.07, 6.45) is 4.66. The minimum atomic E-state index is -3.47. The van der Waals surface area contributed by atoms with Crippen molar-refractivity contribution >= 4 is 21.8 Å². The molecule has 2 unspecified atom stereocenters. The first kappa shape index (κ1) is 20.8. The van der Waals surface area contributed by atoms with E-state index in [1.165, 1.54) is 18.4 Å². The fourth-order valence-corrected chi connectivity index (χ4v) is 4.93. The Hall–Kier alpha value is -1.93. The number of rotatable bonds is 6. The van der Waals surface area contributed by atoms with Crippen molar-refractivity contribution in [2.24, 2.45) is 5.92 Å². The van der Waals surface area contributed by atoms with Crippen LogP contribution in [0.3, 0.4) is 0 Å². The number of amides is 2. The topological polar surface area (TPSA) is 86.8 Å². The minimum absolute atomic E-state index is 0.0814. The number of hydrogen-bond acceptors (Lipinski definition) is 4. The second kappa shape index (κ2) is 8.21. The third kappa shape index (κ3) is 4.22. The Bertz CT molecular complexity index is 830. The fraction of sp³-hybridized carbons (Fsp3) is 0.600. The van der Waals surface area contributed by atoms with Gasteiger partial charge in [-0.1, -0.05) is 25.0 Å². The van der Waals surface area contributed by atoms with Gasteiger partial charge in [0.15, 0.2) is 0 Å². The zero-order valence-corrected chi connectivity index (χ0v) is 17.5. The van der Waals surface area contributed by atoms with Crippen LogP contribution < -0.4 is 5.32 Å². The molecule has 2 fully saturated rings. The highest BCUT2D eigenvalue weighted by Crippen LogP contribution is 2.30. The second-order valence-corrected chi connectivity index (χ2v) is 10.1. The van der Waals surface area contributed by atoms with Crippen molar-refractivity contribution in [3.05, 3.63) is 29.8 Å². The average molecular weight is 408 g/mol. The smallest absolute Gasteiger partial charge is 0.242 e. The van der Waals surface area contributed by atoms with Crippen LogP contribution in [0.2, 0.25) is 0 Å². The van der Waals surface area contributed by atoms with Crippen molar-refractivity contribution in [1.82, 2.24) is 14.5 Å². The molecule has 1 aromatic rings. The maximum atomic E-state index is 12.7. The van der Waals surface area contributed by atoms with Crippen molar-refractivity contribution in [1.29, 1.82) is 0 Å². The first-order valence-corrected chi connectivity index (χ1v) is 11.3. The number of nitrogens with zero attached hydrogens (tertiary/aromatic N) is 2. The van der Waals surface area contributed by atoms with E-state index in [-0.39, 0.29) is 35.1 Å². The van der Waals surface area contributed by atoms with Gasteiger partial charge >= 0.3 is 0 Å². The van der Waals surface area contributed by atoms with Gasteiger partial charge < -0.3 is 10.2 Å². The first-order chi connectivity index (χ1) is 13.2. The lowest BCUT2D eigenvalue weighted by molar-refractivity contribution is -0.130. The van der Waals surface area contributed by atoms with Crippen molar-refractivity contribution in [3.63, 3.8) is 0 Å². The molecule has 1 saturated heterocycles. The van der Waals surface area contributed by atoms with Crippen LogP contribution in [0.25, 0.3) is 0 Å². The zero-order valence-electron chi connectivity index (χ0n) is 16.7. The molecule has 1 N–H and O–H groups in total. The van der Waals surface area contributed by atoms with E-state index in [0.717, 1.165) is 31.2 Å². The van der Waals surface area contributed by atoms with Gasteiger partial charge in [-0.25, -0.2) is 12.7 Å². The van der Waals surface area contributed by atoms with Gasteiger partial charge in [0.1, 0.15) is 0 Å². The molecule has 0 spiro atoms. The summed E-state index contributed by atoms with van der Waals surface area (Å²) in [6.45, 7) is 2.36. The molecule has 1 aromatic carbocycles. The van der Waals surface area contributed by atoms with Crippen LogP contribution in [0.5, 0.6) is 0 Å². The van der Waals surface area contributed by atoms with E-state index in [9.17, 15) is 18.0 Å². The Labute approximate surface area is 167 Å². The number of hydrogen-bond donors (Lipinski definition) is 1. The Morgan fingerprint density at radius 2 is 1.79 bits per heavy atom. The molecule has 1 aliphatic carbocycles. The van der Waals surface area contributed by atoms with Gasteiger partial charge in [-0.3, -0.25) is 9.59 Å².